The summed E-state index contributed by atoms with van der Waals surface area (Å²) in [5.41, 5.74) is 10.6. The number of ether oxygens (including phenoxy) is 1. The van der Waals surface area contributed by atoms with Crippen molar-refractivity contribution in [3.63, 3.8) is 0 Å². The van der Waals surface area contributed by atoms with Crippen LogP contribution in [0.2, 0.25) is 0 Å². The van der Waals surface area contributed by atoms with Gasteiger partial charge in [0.15, 0.2) is 0 Å². The minimum Gasteiger partial charge on any atom is -0.496 e. The normalized spacial score (nSPS) is 17.0. The van der Waals surface area contributed by atoms with E-state index in [9.17, 15) is 0 Å². The zero-order chi connectivity index (χ0) is 24.2. The van der Waals surface area contributed by atoms with Crippen LogP contribution in [0.25, 0.3) is 0 Å². The maximum atomic E-state index is 5.60. The average molecular weight is 450 g/mol. The molecule has 33 heavy (non-hydrogen) atoms. The van der Waals surface area contributed by atoms with Crippen LogP contribution in [0.1, 0.15) is 91.6 Å². The van der Waals surface area contributed by atoms with Crippen LogP contribution in [-0.2, 0) is 6.42 Å². The van der Waals surface area contributed by atoms with E-state index in [4.69, 9.17) is 9.73 Å². The fourth-order valence-electron chi connectivity index (χ4n) is 5.12. The molecule has 0 aromatic heterocycles. The van der Waals surface area contributed by atoms with E-state index in [-0.39, 0.29) is 1.43 Å². The highest BCUT2D eigenvalue weighted by Gasteiger charge is 2.20. The van der Waals surface area contributed by atoms with E-state index >= 15 is 0 Å². The third-order valence-electron chi connectivity index (χ3n) is 6.98. The zero-order valence-corrected chi connectivity index (χ0v) is 22.0. The molecule has 1 fully saturated rings. The van der Waals surface area contributed by atoms with Gasteiger partial charge in [-0.25, -0.2) is 0 Å². The number of allylic oxidation sites excluding steroid dienone is 5. The lowest BCUT2D eigenvalue weighted by atomic mass is 9.86. The largest absolute Gasteiger partial charge is 0.496 e. The van der Waals surface area contributed by atoms with Gasteiger partial charge in [-0.05, 0) is 61.8 Å². The highest BCUT2D eigenvalue weighted by atomic mass is 16.5. The Morgan fingerprint density at radius 1 is 1.21 bits per heavy atom. The summed E-state index contributed by atoms with van der Waals surface area (Å²) in [5.74, 6) is 2.22. The third-order valence-corrected chi connectivity index (χ3v) is 6.98. The first kappa shape index (κ1) is 26.9. The SMILES string of the molecule is C=C=C(CCCC1CCCC1)C(C)C1=CCC=C(Cc2ccc(C)cc2OC)N=C1C.CC.[HH]. The Morgan fingerprint density at radius 2 is 1.94 bits per heavy atom. The summed E-state index contributed by atoms with van der Waals surface area (Å²) < 4.78 is 5.60. The van der Waals surface area contributed by atoms with Crippen LogP contribution in [-0.4, -0.2) is 12.8 Å². The number of nitrogens with zero attached hydrogens (tertiary/aromatic N) is 1. The predicted molar refractivity (Wildman–Crippen MR) is 146 cm³/mol. The van der Waals surface area contributed by atoms with E-state index in [1.807, 2.05) is 13.8 Å². The molecule has 0 amide bonds. The average Bonchev–Trinajstić information content (AvgIpc) is 3.28. The molecule has 1 unspecified atom stereocenters. The summed E-state index contributed by atoms with van der Waals surface area (Å²) in [6.07, 6.45) is 15.7. The molecule has 1 heterocycles. The van der Waals surface area contributed by atoms with Gasteiger partial charge in [0.25, 0.3) is 0 Å². The molecule has 182 valence electrons. The fourth-order valence-corrected chi connectivity index (χ4v) is 5.12. The second-order valence-corrected chi connectivity index (χ2v) is 9.25. The topological polar surface area (TPSA) is 21.6 Å². The van der Waals surface area contributed by atoms with E-state index in [0.717, 1.165) is 42.3 Å². The number of hydrogen-bond donors (Lipinski definition) is 0. The molecule has 1 saturated carbocycles. The number of rotatable bonds is 9. The molecule has 2 nitrogen and oxygen atoms in total. The van der Waals surface area contributed by atoms with Crippen molar-refractivity contribution in [2.24, 2.45) is 16.8 Å². The lowest BCUT2D eigenvalue weighted by Gasteiger charge is -2.19. The van der Waals surface area contributed by atoms with Crippen molar-refractivity contribution in [3.8, 4) is 5.75 Å². The summed E-state index contributed by atoms with van der Waals surface area (Å²) in [6.45, 7) is 14.5. The van der Waals surface area contributed by atoms with Crippen molar-refractivity contribution < 1.29 is 6.16 Å². The van der Waals surface area contributed by atoms with Gasteiger partial charge in [0, 0.05) is 30.7 Å². The number of benzene rings is 1. The second-order valence-electron chi connectivity index (χ2n) is 9.25. The Labute approximate surface area is 204 Å². The smallest absolute Gasteiger partial charge is 0.122 e. The van der Waals surface area contributed by atoms with Crippen molar-refractivity contribution in [2.45, 2.75) is 92.4 Å². The Kier molecular flexibility index (Phi) is 11.5. The fraction of sp³-hybridized carbons (Fsp3) is 0.548. The van der Waals surface area contributed by atoms with Crippen LogP contribution in [0, 0.1) is 18.8 Å². The van der Waals surface area contributed by atoms with Crippen molar-refractivity contribution in [1.82, 2.24) is 0 Å². The first-order valence-corrected chi connectivity index (χ1v) is 13.0. The van der Waals surface area contributed by atoms with E-state index in [1.165, 1.54) is 60.8 Å². The zero-order valence-electron chi connectivity index (χ0n) is 22.0. The van der Waals surface area contributed by atoms with Crippen LogP contribution in [0.3, 0.4) is 0 Å². The number of aliphatic imine (C=N–C) groups is 1. The van der Waals surface area contributed by atoms with Gasteiger partial charge in [-0.15, -0.1) is 5.73 Å². The van der Waals surface area contributed by atoms with Gasteiger partial charge in [0.05, 0.1) is 7.11 Å². The van der Waals surface area contributed by atoms with Gasteiger partial charge >= 0.3 is 0 Å². The van der Waals surface area contributed by atoms with Crippen molar-refractivity contribution in [3.05, 3.63) is 70.6 Å². The first-order chi connectivity index (χ1) is 16.0. The Hall–Kier alpha value is -2.31. The number of hydrogen-bond acceptors (Lipinski definition) is 2. The minimum absolute atomic E-state index is 0. The third kappa shape index (κ3) is 7.90. The van der Waals surface area contributed by atoms with Crippen LogP contribution < -0.4 is 4.74 Å². The molecule has 1 aromatic rings. The summed E-state index contributed by atoms with van der Waals surface area (Å²) in [6, 6.07) is 6.40. The summed E-state index contributed by atoms with van der Waals surface area (Å²) in [5, 5.41) is 0. The first-order valence-electron chi connectivity index (χ1n) is 13.0. The van der Waals surface area contributed by atoms with Gasteiger partial charge in [-0.2, -0.15) is 0 Å². The van der Waals surface area contributed by atoms with Gasteiger partial charge in [-0.1, -0.05) is 83.7 Å². The molecule has 0 saturated heterocycles. The lowest BCUT2D eigenvalue weighted by Crippen LogP contribution is -2.11. The molecule has 0 bridgehead atoms. The van der Waals surface area contributed by atoms with Gasteiger partial charge in [-0.3, -0.25) is 4.99 Å². The predicted octanol–water partition coefficient (Wildman–Crippen LogP) is 9.20. The van der Waals surface area contributed by atoms with E-state index in [2.05, 4.69) is 63.4 Å². The van der Waals surface area contributed by atoms with Crippen LogP contribution in [0.4, 0.5) is 0 Å². The van der Waals surface area contributed by atoms with E-state index in [1.54, 1.807) is 7.11 Å². The molecule has 1 aliphatic heterocycles. The second kappa shape index (κ2) is 14.1. The summed E-state index contributed by atoms with van der Waals surface area (Å²) in [7, 11) is 1.74. The minimum atomic E-state index is 0. The molecule has 1 atom stereocenters. The van der Waals surface area contributed by atoms with Crippen molar-refractivity contribution in [2.75, 3.05) is 7.11 Å². The maximum Gasteiger partial charge on any atom is 0.122 e. The standard InChI is InChI=1S/C29H39NO.C2H6.H2/c1-6-25(14-9-13-24-11-7-8-12-24)22(3)28-16-10-15-27(30-23(28)4)20-26-18-17-21(2)19-29(26)31-5;1-2;/h15-19,22,24H,1,7-14,20H2,2-5H3;1-2H3;1H. The quantitative estimate of drug-likeness (QED) is 0.344. The molecule has 0 N–H and O–H groups in total. The molecule has 2 aliphatic rings. The Balaban J connectivity index is 0.00000188. The molecule has 0 spiro atoms. The Bertz CT molecular complexity index is 911. The van der Waals surface area contributed by atoms with E-state index < -0.39 is 0 Å². The monoisotopic (exact) mass is 449 g/mol. The van der Waals surface area contributed by atoms with Crippen molar-refractivity contribution >= 4 is 5.71 Å². The van der Waals surface area contributed by atoms with Gasteiger partial charge in [0.2, 0.25) is 0 Å². The maximum absolute atomic E-state index is 5.60. The van der Waals surface area contributed by atoms with Crippen LogP contribution in [0.5, 0.6) is 5.75 Å². The molecule has 1 aliphatic carbocycles. The molecular formula is C31H47NO. The summed E-state index contributed by atoms with van der Waals surface area (Å²) in [4.78, 5) is 5.02. The number of methoxy groups -OCH3 is 1. The van der Waals surface area contributed by atoms with Gasteiger partial charge in [0.1, 0.15) is 5.75 Å². The molecule has 3 rings (SSSR count). The Morgan fingerprint density at radius 3 is 2.61 bits per heavy atom. The highest BCUT2D eigenvalue weighted by molar-refractivity contribution is 6.00. The van der Waals surface area contributed by atoms with E-state index in [0.29, 0.717) is 5.92 Å². The molecular weight excluding hydrogens is 402 g/mol. The van der Waals surface area contributed by atoms with Crippen LogP contribution in [0.15, 0.2) is 64.5 Å². The van der Waals surface area contributed by atoms with Crippen LogP contribution >= 0.6 is 0 Å². The van der Waals surface area contributed by atoms with Gasteiger partial charge < -0.3 is 4.74 Å². The lowest BCUT2D eigenvalue weighted by molar-refractivity contribution is 0.410. The summed E-state index contributed by atoms with van der Waals surface area (Å²) >= 11 is 0. The van der Waals surface area contributed by atoms with Crippen molar-refractivity contribution in [1.29, 1.82) is 0 Å². The molecule has 1 aromatic carbocycles. The molecule has 2 heteroatoms. The molecule has 0 radical (unpaired) electrons. The highest BCUT2D eigenvalue weighted by Crippen LogP contribution is 2.32. The number of aryl methyl sites for hydroxylation is 1.